The van der Waals surface area contributed by atoms with Gasteiger partial charge in [0.25, 0.3) is 0 Å². The van der Waals surface area contributed by atoms with Crippen molar-refractivity contribution in [1.82, 2.24) is 9.97 Å². The second-order valence-corrected chi connectivity index (χ2v) is 6.30. The van der Waals surface area contributed by atoms with Crippen LogP contribution in [0.3, 0.4) is 0 Å². The summed E-state index contributed by atoms with van der Waals surface area (Å²) in [5.74, 6) is 0. The maximum absolute atomic E-state index is 6.34. The maximum atomic E-state index is 6.34. The van der Waals surface area contributed by atoms with Crippen molar-refractivity contribution in [2.75, 3.05) is 0 Å². The molecule has 1 aromatic carbocycles. The van der Waals surface area contributed by atoms with Crippen molar-refractivity contribution in [2.24, 2.45) is 5.73 Å². The van der Waals surface area contributed by atoms with E-state index in [4.69, 9.17) is 5.73 Å². The van der Waals surface area contributed by atoms with Crippen LogP contribution in [0.1, 0.15) is 24.2 Å². The molecule has 0 saturated carbocycles. The minimum Gasteiger partial charge on any atom is -0.350 e. The standard InChI is InChI=1S/C17H19N3S/c1-2-14(18)17(12-7-9-19-10-8-12)21-16-11-13-5-3-4-6-15(13)20-16/h3-11,14,17,20H,2,18H2,1H3. The lowest BCUT2D eigenvalue weighted by molar-refractivity contribution is 0.633. The number of hydrogen-bond donors (Lipinski definition) is 2. The fraction of sp³-hybridized carbons (Fsp3) is 0.235. The first-order valence-electron chi connectivity index (χ1n) is 7.18. The Morgan fingerprint density at radius 1 is 1.19 bits per heavy atom. The average Bonchev–Trinajstić information content (AvgIpc) is 2.95. The Morgan fingerprint density at radius 3 is 2.67 bits per heavy atom. The molecule has 0 spiro atoms. The number of nitrogens with zero attached hydrogens (tertiary/aromatic N) is 1. The number of fused-ring (bicyclic) bond motifs is 1. The lowest BCUT2D eigenvalue weighted by Gasteiger charge is -2.22. The molecular weight excluding hydrogens is 278 g/mol. The Morgan fingerprint density at radius 2 is 1.95 bits per heavy atom. The molecule has 0 saturated heterocycles. The highest BCUT2D eigenvalue weighted by molar-refractivity contribution is 7.99. The Labute approximate surface area is 129 Å². The molecule has 21 heavy (non-hydrogen) atoms. The molecule has 2 heterocycles. The molecule has 3 N–H and O–H groups in total. The quantitative estimate of drug-likeness (QED) is 0.696. The Bertz CT molecular complexity index is 675. The average molecular weight is 297 g/mol. The number of rotatable bonds is 5. The Kier molecular flexibility index (Phi) is 4.27. The van der Waals surface area contributed by atoms with E-state index in [1.807, 2.05) is 18.5 Å². The van der Waals surface area contributed by atoms with Gasteiger partial charge in [-0.1, -0.05) is 36.9 Å². The normalized spacial score (nSPS) is 14.2. The zero-order chi connectivity index (χ0) is 14.7. The minimum absolute atomic E-state index is 0.115. The van der Waals surface area contributed by atoms with Crippen LogP contribution in [-0.4, -0.2) is 16.0 Å². The van der Waals surface area contributed by atoms with E-state index in [1.165, 1.54) is 16.5 Å². The van der Waals surface area contributed by atoms with Crippen molar-refractivity contribution < 1.29 is 0 Å². The number of hydrogen-bond acceptors (Lipinski definition) is 3. The van der Waals surface area contributed by atoms with Gasteiger partial charge in [0.15, 0.2) is 0 Å². The summed E-state index contributed by atoms with van der Waals surface area (Å²) >= 11 is 1.79. The molecule has 3 rings (SSSR count). The number of para-hydroxylation sites is 1. The summed E-state index contributed by atoms with van der Waals surface area (Å²) in [6, 6.07) is 14.7. The van der Waals surface area contributed by atoms with E-state index in [0.717, 1.165) is 11.4 Å². The monoisotopic (exact) mass is 297 g/mol. The van der Waals surface area contributed by atoms with Crippen molar-refractivity contribution in [3.8, 4) is 0 Å². The first-order valence-corrected chi connectivity index (χ1v) is 8.06. The van der Waals surface area contributed by atoms with E-state index in [1.54, 1.807) is 11.8 Å². The number of pyridine rings is 1. The van der Waals surface area contributed by atoms with E-state index in [9.17, 15) is 0 Å². The molecule has 2 aromatic heterocycles. The van der Waals surface area contributed by atoms with Gasteiger partial charge in [-0.25, -0.2) is 0 Å². The van der Waals surface area contributed by atoms with Crippen LogP contribution in [0.2, 0.25) is 0 Å². The molecule has 0 fully saturated rings. The highest BCUT2D eigenvalue weighted by Gasteiger charge is 2.20. The molecule has 0 radical (unpaired) electrons. The van der Waals surface area contributed by atoms with Gasteiger partial charge >= 0.3 is 0 Å². The molecule has 3 aromatic rings. The number of aromatic nitrogens is 2. The third-order valence-corrected chi connectivity index (χ3v) is 5.00. The van der Waals surface area contributed by atoms with E-state index in [0.29, 0.717) is 0 Å². The lowest BCUT2D eigenvalue weighted by Crippen LogP contribution is -2.25. The van der Waals surface area contributed by atoms with Gasteiger partial charge in [0, 0.05) is 29.3 Å². The molecule has 4 heteroatoms. The van der Waals surface area contributed by atoms with Crippen molar-refractivity contribution in [1.29, 1.82) is 0 Å². The number of benzene rings is 1. The predicted molar refractivity (Wildman–Crippen MR) is 89.4 cm³/mol. The molecular formula is C17H19N3S. The van der Waals surface area contributed by atoms with Gasteiger partial charge < -0.3 is 10.7 Å². The molecule has 3 nitrogen and oxygen atoms in total. The smallest absolute Gasteiger partial charge is 0.0739 e. The van der Waals surface area contributed by atoms with Crippen LogP contribution >= 0.6 is 11.8 Å². The number of H-pyrrole nitrogens is 1. The van der Waals surface area contributed by atoms with Gasteiger partial charge in [0.1, 0.15) is 0 Å². The SMILES string of the molecule is CCC(N)C(Sc1cc2ccccc2[nH]1)c1ccncc1. The van der Waals surface area contributed by atoms with Crippen LogP contribution in [-0.2, 0) is 0 Å². The van der Waals surface area contributed by atoms with Crippen LogP contribution in [0.4, 0.5) is 0 Å². The fourth-order valence-electron chi connectivity index (χ4n) is 2.42. The van der Waals surface area contributed by atoms with E-state index < -0.39 is 0 Å². The zero-order valence-electron chi connectivity index (χ0n) is 12.0. The summed E-state index contributed by atoms with van der Waals surface area (Å²) in [7, 11) is 0. The summed E-state index contributed by atoms with van der Waals surface area (Å²) in [6.45, 7) is 2.13. The largest absolute Gasteiger partial charge is 0.350 e. The van der Waals surface area contributed by atoms with Crippen LogP contribution in [0, 0.1) is 0 Å². The molecule has 0 aliphatic rings. The second kappa shape index (κ2) is 6.33. The lowest BCUT2D eigenvalue weighted by atomic mass is 10.1. The second-order valence-electron chi connectivity index (χ2n) is 5.11. The Balaban J connectivity index is 1.90. The number of nitrogens with two attached hydrogens (primary N) is 1. The van der Waals surface area contributed by atoms with E-state index in [2.05, 4.69) is 53.3 Å². The van der Waals surface area contributed by atoms with Crippen molar-refractivity contribution in [3.05, 3.63) is 60.4 Å². The van der Waals surface area contributed by atoms with Crippen LogP contribution < -0.4 is 5.73 Å². The van der Waals surface area contributed by atoms with E-state index in [-0.39, 0.29) is 11.3 Å². The summed E-state index contributed by atoms with van der Waals surface area (Å²) in [4.78, 5) is 7.56. The van der Waals surface area contributed by atoms with Gasteiger partial charge in [-0.2, -0.15) is 0 Å². The molecule has 2 atom stereocenters. The van der Waals surface area contributed by atoms with Gasteiger partial charge in [-0.05, 0) is 36.2 Å². The Hall–Kier alpha value is -1.78. The first kappa shape index (κ1) is 14.2. The topological polar surface area (TPSA) is 54.7 Å². The maximum Gasteiger partial charge on any atom is 0.0739 e. The number of nitrogens with one attached hydrogen (secondary N) is 1. The molecule has 0 aliphatic carbocycles. The van der Waals surface area contributed by atoms with E-state index >= 15 is 0 Å². The minimum atomic E-state index is 0.115. The van der Waals surface area contributed by atoms with Crippen LogP contribution in [0.25, 0.3) is 10.9 Å². The number of aromatic amines is 1. The number of thioether (sulfide) groups is 1. The van der Waals surface area contributed by atoms with Crippen molar-refractivity contribution in [3.63, 3.8) is 0 Å². The van der Waals surface area contributed by atoms with Gasteiger partial charge in [0.05, 0.1) is 10.3 Å². The molecule has 0 amide bonds. The van der Waals surface area contributed by atoms with Crippen molar-refractivity contribution >= 4 is 22.7 Å². The summed E-state index contributed by atoms with van der Waals surface area (Å²) in [5, 5.41) is 2.62. The summed E-state index contributed by atoms with van der Waals surface area (Å²) in [6.07, 6.45) is 4.60. The summed E-state index contributed by atoms with van der Waals surface area (Å²) in [5.41, 5.74) is 8.73. The highest BCUT2D eigenvalue weighted by atomic mass is 32.2. The third kappa shape index (κ3) is 3.12. The van der Waals surface area contributed by atoms with Gasteiger partial charge in [0.2, 0.25) is 0 Å². The molecule has 0 aliphatic heterocycles. The molecule has 2 unspecified atom stereocenters. The van der Waals surface area contributed by atoms with Crippen LogP contribution in [0.15, 0.2) is 59.9 Å². The third-order valence-electron chi connectivity index (χ3n) is 3.65. The highest BCUT2D eigenvalue weighted by Crippen LogP contribution is 2.38. The van der Waals surface area contributed by atoms with Gasteiger partial charge in [-0.3, -0.25) is 4.98 Å². The van der Waals surface area contributed by atoms with Crippen LogP contribution in [0.5, 0.6) is 0 Å². The molecule has 108 valence electrons. The fourth-order valence-corrected chi connectivity index (χ4v) is 3.71. The van der Waals surface area contributed by atoms with Crippen molar-refractivity contribution in [2.45, 2.75) is 29.7 Å². The summed E-state index contributed by atoms with van der Waals surface area (Å²) < 4.78 is 0. The van der Waals surface area contributed by atoms with Gasteiger partial charge in [-0.15, -0.1) is 0 Å². The first-order chi connectivity index (χ1) is 10.3. The zero-order valence-corrected chi connectivity index (χ0v) is 12.8. The predicted octanol–water partition coefficient (Wildman–Crippen LogP) is 4.13. The molecule has 0 bridgehead atoms.